The fourth-order valence-electron chi connectivity index (χ4n) is 1.60. The number of nitriles is 1. The van der Waals surface area contributed by atoms with Crippen LogP contribution in [0.25, 0.3) is 0 Å². The maximum Gasteiger partial charge on any atom is 0.340 e. The highest BCUT2D eigenvalue weighted by atomic mass is 16.5. The van der Waals surface area contributed by atoms with Gasteiger partial charge in [0.2, 0.25) is 0 Å². The Bertz CT molecular complexity index is 468. The number of nitrogens with two attached hydrogens (primary N) is 1. The van der Waals surface area contributed by atoms with Crippen LogP contribution >= 0.6 is 0 Å². The van der Waals surface area contributed by atoms with E-state index < -0.39 is 5.97 Å². The molecule has 0 aliphatic carbocycles. The van der Waals surface area contributed by atoms with E-state index in [-0.39, 0.29) is 11.3 Å². The number of pyridine rings is 1. The average Bonchev–Trinajstić information content (AvgIpc) is 2.40. The maximum atomic E-state index is 11.5. The molecule has 0 saturated heterocycles. The van der Waals surface area contributed by atoms with Crippen LogP contribution in [0.4, 0.5) is 11.5 Å². The lowest BCUT2D eigenvalue weighted by molar-refractivity contribution is 0.0602. The summed E-state index contributed by atoms with van der Waals surface area (Å²) in [5.41, 5.74) is 6.49. The third-order valence-corrected chi connectivity index (χ3v) is 2.55. The van der Waals surface area contributed by atoms with Gasteiger partial charge in [-0.1, -0.05) is 0 Å². The third kappa shape index (κ3) is 2.88. The summed E-state index contributed by atoms with van der Waals surface area (Å²) in [6.45, 7) is 3.11. The smallest absolute Gasteiger partial charge is 0.340 e. The molecule has 0 aliphatic heterocycles. The van der Waals surface area contributed by atoms with Crippen LogP contribution in [0.3, 0.4) is 0 Å². The van der Waals surface area contributed by atoms with Crippen molar-refractivity contribution in [1.82, 2.24) is 4.98 Å². The molecule has 18 heavy (non-hydrogen) atoms. The topological polar surface area (TPSA) is 92.2 Å². The van der Waals surface area contributed by atoms with E-state index in [1.807, 2.05) is 11.8 Å². The predicted molar refractivity (Wildman–Crippen MR) is 68.1 cm³/mol. The van der Waals surface area contributed by atoms with Crippen molar-refractivity contribution in [2.24, 2.45) is 0 Å². The van der Waals surface area contributed by atoms with Gasteiger partial charge in [0, 0.05) is 19.3 Å². The molecule has 6 heteroatoms. The monoisotopic (exact) mass is 248 g/mol. The second-order valence-corrected chi connectivity index (χ2v) is 3.58. The Hall–Kier alpha value is -2.29. The van der Waals surface area contributed by atoms with Crippen molar-refractivity contribution >= 4 is 17.5 Å². The molecule has 1 aromatic rings. The van der Waals surface area contributed by atoms with Gasteiger partial charge in [-0.15, -0.1) is 0 Å². The fourth-order valence-corrected chi connectivity index (χ4v) is 1.60. The summed E-state index contributed by atoms with van der Waals surface area (Å²) in [6.07, 6.45) is 1.88. The Kier molecular flexibility index (Phi) is 4.93. The fraction of sp³-hybridized carbons (Fsp3) is 0.417. The Balaban J connectivity index is 3.08. The highest BCUT2D eigenvalue weighted by Gasteiger charge is 2.17. The molecule has 1 rings (SSSR count). The highest BCUT2D eigenvalue weighted by Crippen LogP contribution is 2.24. The lowest BCUT2D eigenvalue weighted by atomic mass is 10.2. The van der Waals surface area contributed by atoms with Crippen molar-refractivity contribution in [3.05, 3.63) is 17.8 Å². The quantitative estimate of drug-likeness (QED) is 0.787. The van der Waals surface area contributed by atoms with Crippen LogP contribution in [-0.4, -0.2) is 31.2 Å². The molecule has 96 valence electrons. The highest BCUT2D eigenvalue weighted by molar-refractivity contribution is 5.97. The number of esters is 1. The molecule has 1 heterocycles. The first-order valence-corrected chi connectivity index (χ1v) is 5.60. The molecule has 0 spiro atoms. The van der Waals surface area contributed by atoms with Crippen molar-refractivity contribution in [2.75, 3.05) is 30.8 Å². The van der Waals surface area contributed by atoms with Crippen LogP contribution in [0.2, 0.25) is 0 Å². The Morgan fingerprint density at radius 1 is 1.67 bits per heavy atom. The summed E-state index contributed by atoms with van der Waals surface area (Å²) < 4.78 is 4.65. The Morgan fingerprint density at radius 2 is 2.39 bits per heavy atom. The second-order valence-electron chi connectivity index (χ2n) is 3.58. The van der Waals surface area contributed by atoms with E-state index in [0.717, 1.165) is 0 Å². The molecule has 0 radical (unpaired) electrons. The zero-order valence-electron chi connectivity index (χ0n) is 10.5. The molecule has 0 amide bonds. The van der Waals surface area contributed by atoms with Gasteiger partial charge in [-0.05, 0) is 13.0 Å². The summed E-state index contributed by atoms with van der Waals surface area (Å²) >= 11 is 0. The molecule has 0 bridgehead atoms. The van der Waals surface area contributed by atoms with Crippen molar-refractivity contribution in [3.8, 4) is 6.07 Å². The first-order chi connectivity index (χ1) is 8.65. The van der Waals surface area contributed by atoms with Gasteiger partial charge in [-0.25, -0.2) is 9.78 Å². The van der Waals surface area contributed by atoms with Crippen LogP contribution in [0.5, 0.6) is 0 Å². The predicted octanol–water partition coefficient (Wildman–Crippen LogP) is 1.19. The zero-order chi connectivity index (χ0) is 13.5. The normalized spacial score (nSPS) is 9.61. The molecule has 0 aromatic carbocycles. The minimum atomic E-state index is -0.493. The Labute approximate surface area is 106 Å². The minimum absolute atomic E-state index is 0.282. The molecule has 2 N–H and O–H groups in total. The molecule has 0 unspecified atom stereocenters. The number of anilines is 2. The summed E-state index contributed by atoms with van der Waals surface area (Å²) in [7, 11) is 1.30. The third-order valence-electron chi connectivity index (χ3n) is 2.55. The van der Waals surface area contributed by atoms with Gasteiger partial charge in [0.15, 0.2) is 5.82 Å². The number of nitrogens with zero attached hydrogens (tertiary/aromatic N) is 3. The summed E-state index contributed by atoms with van der Waals surface area (Å²) in [4.78, 5) is 17.5. The van der Waals surface area contributed by atoms with Crippen molar-refractivity contribution in [3.63, 3.8) is 0 Å². The molecule has 6 nitrogen and oxygen atoms in total. The van der Waals surface area contributed by atoms with Gasteiger partial charge >= 0.3 is 5.97 Å². The summed E-state index contributed by atoms with van der Waals surface area (Å²) in [5, 5.41) is 8.61. The Morgan fingerprint density at radius 3 is 2.94 bits per heavy atom. The molecule has 0 aliphatic rings. The van der Waals surface area contributed by atoms with E-state index >= 15 is 0 Å². The van der Waals surface area contributed by atoms with E-state index in [2.05, 4.69) is 15.8 Å². The zero-order valence-corrected chi connectivity index (χ0v) is 10.5. The standard InChI is InChI=1S/C12H16N4O2/c1-3-16(8-4-6-13)11-10(14)9(5-7-15-11)12(17)18-2/h5,7H,3-4,8,14H2,1-2H3. The number of ether oxygens (including phenoxy) is 1. The summed E-state index contributed by atoms with van der Waals surface area (Å²) in [5.74, 6) is 0.0168. The van der Waals surface area contributed by atoms with E-state index in [4.69, 9.17) is 11.0 Å². The van der Waals surface area contributed by atoms with Gasteiger partial charge in [0.1, 0.15) is 0 Å². The lowest BCUT2D eigenvalue weighted by Crippen LogP contribution is -2.26. The van der Waals surface area contributed by atoms with E-state index in [1.165, 1.54) is 19.4 Å². The molecular formula is C12H16N4O2. The molecule has 0 saturated carbocycles. The first-order valence-electron chi connectivity index (χ1n) is 5.60. The largest absolute Gasteiger partial charge is 0.465 e. The number of rotatable bonds is 5. The molecule has 0 atom stereocenters. The lowest BCUT2D eigenvalue weighted by Gasteiger charge is -2.22. The van der Waals surface area contributed by atoms with E-state index in [9.17, 15) is 4.79 Å². The van der Waals surface area contributed by atoms with Gasteiger partial charge < -0.3 is 15.4 Å². The molecule has 1 aromatic heterocycles. The van der Waals surface area contributed by atoms with Crippen LogP contribution in [0.15, 0.2) is 12.3 Å². The van der Waals surface area contributed by atoms with Gasteiger partial charge in [-0.2, -0.15) is 5.26 Å². The SMILES string of the molecule is CCN(CCC#N)c1nccc(C(=O)OC)c1N. The number of carbonyl (C=O) groups is 1. The van der Waals surface area contributed by atoms with Gasteiger partial charge in [0.25, 0.3) is 0 Å². The first kappa shape index (κ1) is 13.8. The number of nitrogen functional groups attached to an aromatic ring is 1. The van der Waals surface area contributed by atoms with Crippen LogP contribution < -0.4 is 10.6 Å². The van der Waals surface area contributed by atoms with E-state index in [0.29, 0.717) is 25.3 Å². The van der Waals surface area contributed by atoms with Crippen LogP contribution in [-0.2, 0) is 4.74 Å². The second kappa shape index (κ2) is 6.45. The molecular weight excluding hydrogens is 232 g/mol. The number of carbonyl (C=O) groups excluding carboxylic acids is 1. The van der Waals surface area contributed by atoms with Crippen LogP contribution in [0, 0.1) is 11.3 Å². The van der Waals surface area contributed by atoms with Gasteiger partial charge in [0.05, 0.1) is 30.9 Å². The number of hydrogen-bond donors (Lipinski definition) is 1. The summed E-state index contributed by atoms with van der Waals surface area (Å²) in [6, 6.07) is 3.59. The average molecular weight is 248 g/mol. The van der Waals surface area contributed by atoms with Crippen molar-refractivity contribution < 1.29 is 9.53 Å². The van der Waals surface area contributed by atoms with Gasteiger partial charge in [-0.3, -0.25) is 0 Å². The maximum absolute atomic E-state index is 11.5. The van der Waals surface area contributed by atoms with Crippen LogP contribution in [0.1, 0.15) is 23.7 Å². The van der Waals surface area contributed by atoms with E-state index in [1.54, 1.807) is 0 Å². The molecule has 0 fully saturated rings. The number of aromatic nitrogens is 1. The minimum Gasteiger partial charge on any atom is -0.465 e. The van der Waals surface area contributed by atoms with Crippen molar-refractivity contribution in [1.29, 1.82) is 5.26 Å². The number of methoxy groups -OCH3 is 1. The number of hydrogen-bond acceptors (Lipinski definition) is 6. The van der Waals surface area contributed by atoms with Crippen molar-refractivity contribution in [2.45, 2.75) is 13.3 Å².